The third-order valence-corrected chi connectivity index (χ3v) is 2.87. The maximum atomic E-state index is 4.36. The Kier molecular flexibility index (Phi) is 4.68. The maximum absolute atomic E-state index is 4.36. The van der Waals surface area contributed by atoms with E-state index >= 15 is 0 Å². The summed E-state index contributed by atoms with van der Waals surface area (Å²) >= 11 is 0. The third-order valence-electron chi connectivity index (χ3n) is 2.87. The molecule has 0 aliphatic heterocycles. The van der Waals surface area contributed by atoms with Gasteiger partial charge in [-0.1, -0.05) is 13.8 Å². The molecule has 6 heteroatoms. The Morgan fingerprint density at radius 2 is 2.16 bits per heavy atom. The zero-order valence-corrected chi connectivity index (χ0v) is 11.9. The zero-order valence-electron chi connectivity index (χ0n) is 11.9. The molecule has 0 saturated heterocycles. The highest BCUT2D eigenvalue weighted by molar-refractivity contribution is 5.04. The number of aromatic nitrogens is 5. The molecular weight excluding hydrogens is 240 g/mol. The van der Waals surface area contributed by atoms with E-state index in [2.05, 4.69) is 47.5 Å². The molecule has 2 heterocycles. The SMILES string of the molecule is CCn1ncnc1Cn1cc(CNCC(C)C)cn1. The largest absolute Gasteiger partial charge is 0.312 e. The number of hydrogen-bond acceptors (Lipinski definition) is 4. The highest BCUT2D eigenvalue weighted by Gasteiger charge is 2.05. The lowest BCUT2D eigenvalue weighted by Crippen LogP contribution is -2.18. The topological polar surface area (TPSA) is 60.6 Å². The normalized spacial score (nSPS) is 11.4. The Bertz CT molecular complexity index is 499. The standard InChI is InChI=1S/C13H22N6/c1-4-19-13(15-10-17-19)9-18-8-12(7-16-18)6-14-5-11(2)3/h7-8,10-11,14H,4-6,9H2,1-3H3. The van der Waals surface area contributed by atoms with E-state index in [9.17, 15) is 0 Å². The smallest absolute Gasteiger partial charge is 0.148 e. The predicted octanol–water partition coefficient (Wildman–Crippen LogP) is 1.29. The number of aryl methyl sites for hydroxylation is 1. The maximum Gasteiger partial charge on any atom is 0.148 e. The molecule has 2 aromatic rings. The number of nitrogens with one attached hydrogen (secondary N) is 1. The second-order valence-corrected chi connectivity index (χ2v) is 5.06. The van der Waals surface area contributed by atoms with Gasteiger partial charge in [0.25, 0.3) is 0 Å². The first-order valence-electron chi connectivity index (χ1n) is 6.77. The molecule has 2 rings (SSSR count). The van der Waals surface area contributed by atoms with E-state index in [1.54, 1.807) is 6.33 Å². The van der Waals surface area contributed by atoms with Crippen LogP contribution in [0, 0.1) is 5.92 Å². The van der Waals surface area contributed by atoms with Gasteiger partial charge < -0.3 is 5.32 Å². The van der Waals surface area contributed by atoms with Crippen LogP contribution in [0.4, 0.5) is 0 Å². The average molecular weight is 262 g/mol. The minimum atomic E-state index is 0.665. The monoisotopic (exact) mass is 262 g/mol. The van der Waals surface area contributed by atoms with Gasteiger partial charge in [0.1, 0.15) is 18.7 Å². The van der Waals surface area contributed by atoms with Gasteiger partial charge in [0.2, 0.25) is 0 Å². The molecule has 0 unspecified atom stereocenters. The van der Waals surface area contributed by atoms with Crippen LogP contribution < -0.4 is 5.32 Å². The molecular formula is C13H22N6. The molecule has 0 atom stereocenters. The fraction of sp³-hybridized carbons (Fsp3) is 0.615. The van der Waals surface area contributed by atoms with E-state index in [0.29, 0.717) is 12.5 Å². The highest BCUT2D eigenvalue weighted by atomic mass is 15.4. The minimum Gasteiger partial charge on any atom is -0.312 e. The summed E-state index contributed by atoms with van der Waals surface area (Å²) in [6.07, 6.45) is 5.55. The lowest BCUT2D eigenvalue weighted by molar-refractivity contribution is 0.551. The molecule has 0 aromatic carbocycles. The first-order chi connectivity index (χ1) is 9.19. The number of hydrogen-bond donors (Lipinski definition) is 1. The van der Waals surface area contributed by atoms with Gasteiger partial charge in [-0.3, -0.25) is 4.68 Å². The molecule has 104 valence electrons. The molecule has 0 radical (unpaired) electrons. The molecule has 0 amide bonds. The van der Waals surface area contributed by atoms with Crippen LogP contribution in [-0.2, 0) is 19.6 Å². The Labute approximate surface area is 113 Å². The van der Waals surface area contributed by atoms with Crippen LogP contribution >= 0.6 is 0 Å². The quantitative estimate of drug-likeness (QED) is 0.817. The van der Waals surface area contributed by atoms with Crippen molar-refractivity contribution in [3.8, 4) is 0 Å². The van der Waals surface area contributed by atoms with Crippen molar-refractivity contribution >= 4 is 0 Å². The van der Waals surface area contributed by atoms with Gasteiger partial charge >= 0.3 is 0 Å². The second kappa shape index (κ2) is 6.47. The summed E-state index contributed by atoms with van der Waals surface area (Å²) in [6.45, 7) is 9.84. The van der Waals surface area contributed by atoms with E-state index in [1.165, 1.54) is 5.56 Å². The van der Waals surface area contributed by atoms with E-state index in [1.807, 2.05) is 15.6 Å². The first kappa shape index (κ1) is 13.7. The molecule has 0 aliphatic rings. The van der Waals surface area contributed by atoms with Gasteiger partial charge in [-0.2, -0.15) is 10.2 Å². The Morgan fingerprint density at radius 1 is 1.32 bits per heavy atom. The fourth-order valence-electron chi connectivity index (χ4n) is 1.91. The second-order valence-electron chi connectivity index (χ2n) is 5.06. The van der Waals surface area contributed by atoms with Crippen LogP contribution in [-0.4, -0.2) is 31.1 Å². The van der Waals surface area contributed by atoms with Crippen molar-refractivity contribution < 1.29 is 0 Å². The molecule has 0 fully saturated rings. The summed E-state index contributed by atoms with van der Waals surface area (Å²) in [4.78, 5) is 4.25. The van der Waals surface area contributed by atoms with Gasteiger partial charge in [-0.15, -0.1) is 0 Å². The van der Waals surface area contributed by atoms with Gasteiger partial charge in [0.15, 0.2) is 0 Å². The van der Waals surface area contributed by atoms with E-state index in [0.717, 1.165) is 25.5 Å². The molecule has 0 saturated carbocycles. The van der Waals surface area contributed by atoms with Crippen molar-refractivity contribution in [1.29, 1.82) is 0 Å². The Hall–Kier alpha value is -1.69. The van der Waals surface area contributed by atoms with Gasteiger partial charge in [-0.25, -0.2) is 9.67 Å². The van der Waals surface area contributed by atoms with Crippen LogP contribution in [0.25, 0.3) is 0 Å². The van der Waals surface area contributed by atoms with Crippen molar-refractivity contribution in [2.45, 2.75) is 40.4 Å². The molecule has 2 aromatic heterocycles. The van der Waals surface area contributed by atoms with Crippen LogP contribution in [0.3, 0.4) is 0 Å². The summed E-state index contributed by atoms with van der Waals surface area (Å²) in [6, 6.07) is 0. The number of rotatable bonds is 7. The molecule has 19 heavy (non-hydrogen) atoms. The van der Waals surface area contributed by atoms with Crippen molar-refractivity contribution in [2.24, 2.45) is 5.92 Å². The lowest BCUT2D eigenvalue weighted by Gasteiger charge is -2.05. The van der Waals surface area contributed by atoms with Gasteiger partial charge in [0.05, 0.1) is 6.20 Å². The van der Waals surface area contributed by atoms with E-state index in [-0.39, 0.29) is 0 Å². The average Bonchev–Trinajstić information content (AvgIpc) is 2.98. The third kappa shape index (κ3) is 3.89. The molecule has 0 spiro atoms. The van der Waals surface area contributed by atoms with Crippen LogP contribution in [0.15, 0.2) is 18.7 Å². The van der Waals surface area contributed by atoms with Crippen LogP contribution in [0.5, 0.6) is 0 Å². The van der Waals surface area contributed by atoms with E-state index in [4.69, 9.17) is 0 Å². The summed E-state index contributed by atoms with van der Waals surface area (Å²) in [5.41, 5.74) is 1.20. The van der Waals surface area contributed by atoms with Gasteiger partial charge in [0, 0.05) is 24.8 Å². The minimum absolute atomic E-state index is 0.665. The molecule has 1 N–H and O–H groups in total. The van der Waals surface area contributed by atoms with E-state index < -0.39 is 0 Å². The Balaban J connectivity index is 1.90. The van der Waals surface area contributed by atoms with Crippen molar-refractivity contribution in [3.05, 3.63) is 30.1 Å². The Morgan fingerprint density at radius 3 is 2.89 bits per heavy atom. The van der Waals surface area contributed by atoms with Crippen LogP contribution in [0.1, 0.15) is 32.2 Å². The highest BCUT2D eigenvalue weighted by Crippen LogP contribution is 2.02. The van der Waals surface area contributed by atoms with Crippen molar-refractivity contribution in [1.82, 2.24) is 29.9 Å². The predicted molar refractivity (Wildman–Crippen MR) is 73.6 cm³/mol. The zero-order chi connectivity index (χ0) is 13.7. The number of nitrogens with zero attached hydrogens (tertiary/aromatic N) is 5. The lowest BCUT2D eigenvalue weighted by atomic mass is 10.2. The summed E-state index contributed by atoms with van der Waals surface area (Å²) in [7, 11) is 0. The van der Waals surface area contributed by atoms with Gasteiger partial charge in [-0.05, 0) is 19.4 Å². The summed E-state index contributed by atoms with van der Waals surface area (Å²) in [5, 5.41) is 11.9. The summed E-state index contributed by atoms with van der Waals surface area (Å²) < 4.78 is 3.79. The van der Waals surface area contributed by atoms with Crippen molar-refractivity contribution in [2.75, 3.05) is 6.54 Å². The molecule has 0 aliphatic carbocycles. The summed E-state index contributed by atoms with van der Waals surface area (Å²) in [5.74, 6) is 1.60. The molecule has 0 bridgehead atoms. The molecule has 6 nitrogen and oxygen atoms in total. The first-order valence-corrected chi connectivity index (χ1v) is 6.77. The fourth-order valence-corrected chi connectivity index (χ4v) is 1.91. The van der Waals surface area contributed by atoms with Crippen molar-refractivity contribution in [3.63, 3.8) is 0 Å². The van der Waals surface area contributed by atoms with Crippen LogP contribution in [0.2, 0.25) is 0 Å².